The molecule has 0 radical (unpaired) electrons. The van der Waals surface area contributed by atoms with E-state index in [-0.39, 0.29) is 6.10 Å². The van der Waals surface area contributed by atoms with Crippen LogP contribution in [0, 0.1) is 5.92 Å². The summed E-state index contributed by atoms with van der Waals surface area (Å²) in [5.74, 6) is 3.33. The van der Waals surface area contributed by atoms with E-state index in [0.717, 1.165) is 18.8 Å². The summed E-state index contributed by atoms with van der Waals surface area (Å²) >= 11 is 2.04. The summed E-state index contributed by atoms with van der Waals surface area (Å²) < 4.78 is 0. The maximum absolute atomic E-state index is 9.52. The molecule has 1 heterocycles. The minimum absolute atomic E-state index is 0.143. The molecule has 1 fully saturated rings. The van der Waals surface area contributed by atoms with Gasteiger partial charge in [0.15, 0.2) is 0 Å². The van der Waals surface area contributed by atoms with E-state index < -0.39 is 0 Å². The van der Waals surface area contributed by atoms with Gasteiger partial charge in [-0.3, -0.25) is 0 Å². The number of rotatable bonds is 4. The highest BCUT2D eigenvalue weighted by atomic mass is 32.2. The van der Waals surface area contributed by atoms with Gasteiger partial charge in [-0.15, -0.1) is 6.58 Å². The molecule has 0 amide bonds. The molecule has 1 aliphatic heterocycles. The van der Waals surface area contributed by atoms with E-state index >= 15 is 0 Å². The van der Waals surface area contributed by atoms with Gasteiger partial charge < -0.3 is 5.11 Å². The van der Waals surface area contributed by atoms with Crippen LogP contribution in [0.4, 0.5) is 0 Å². The van der Waals surface area contributed by atoms with Crippen molar-refractivity contribution in [2.75, 3.05) is 11.5 Å². The summed E-state index contributed by atoms with van der Waals surface area (Å²) in [7, 11) is 0. The highest BCUT2D eigenvalue weighted by Gasteiger charge is 2.16. The molecule has 12 heavy (non-hydrogen) atoms. The molecule has 1 aliphatic rings. The Hall–Kier alpha value is 0.0500. The molecule has 0 bridgehead atoms. The normalized spacial score (nSPS) is 22.1. The second kappa shape index (κ2) is 5.65. The van der Waals surface area contributed by atoms with Crippen LogP contribution in [0.15, 0.2) is 12.7 Å². The third-order valence-corrected chi connectivity index (χ3v) is 3.43. The van der Waals surface area contributed by atoms with Crippen molar-refractivity contribution in [2.45, 2.75) is 31.8 Å². The maximum Gasteiger partial charge on any atom is 0.0577 e. The van der Waals surface area contributed by atoms with E-state index in [0.29, 0.717) is 0 Å². The highest BCUT2D eigenvalue weighted by molar-refractivity contribution is 7.99. The van der Waals surface area contributed by atoms with Gasteiger partial charge in [0.2, 0.25) is 0 Å². The lowest BCUT2D eigenvalue weighted by Crippen LogP contribution is -2.17. The van der Waals surface area contributed by atoms with Crippen LogP contribution in [-0.4, -0.2) is 22.7 Å². The van der Waals surface area contributed by atoms with E-state index in [1.807, 2.05) is 17.8 Å². The zero-order valence-corrected chi connectivity index (χ0v) is 8.35. The lowest BCUT2D eigenvalue weighted by Gasteiger charge is -2.23. The Balaban J connectivity index is 2.15. The first kappa shape index (κ1) is 10.1. The second-order valence-electron chi connectivity index (χ2n) is 3.47. The SMILES string of the molecule is C=CCC(O)CC1CCSCC1. The molecule has 1 atom stereocenters. The summed E-state index contributed by atoms with van der Waals surface area (Å²) in [6.07, 6.45) is 5.98. The fourth-order valence-corrected chi connectivity index (χ4v) is 2.86. The monoisotopic (exact) mass is 186 g/mol. The number of thioether (sulfide) groups is 1. The molecular formula is C10H18OS. The molecule has 0 aliphatic carbocycles. The molecule has 1 N–H and O–H groups in total. The minimum atomic E-state index is -0.143. The molecule has 70 valence electrons. The minimum Gasteiger partial charge on any atom is -0.393 e. The number of aliphatic hydroxyl groups excluding tert-OH is 1. The third kappa shape index (κ3) is 3.63. The Labute approximate surface area is 79.2 Å². The first-order valence-corrected chi connectivity index (χ1v) is 5.85. The molecule has 0 aromatic carbocycles. The fraction of sp³-hybridized carbons (Fsp3) is 0.800. The van der Waals surface area contributed by atoms with Crippen LogP contribution in [0.1, 0.15) is 25.7 Å². The van der Waals surface area contributed by atoms with Gasteiger partial charge in [0.25, 0.3) is 0 Å². The standard InChI is InChI=1S/C10H18OS/c1-2-3-10(11)8-9-4-6-12-7-5-9/h2,9-11H,1,3-8H2. The fourth-order valence-electron chi connectivity index (χ4n) is 1.66. The van der Waals surface area contributed by atoms with Crippen LogP contribution in [0.2, 0.25) is 0 Å². The zero-order valence-electron chi connectivity index (χ0n) is 7.54. The van der Waals surface area contributed by atoms with Crippen molar-refractivity contribution in [3.05, 3.63) is 12.7 Å². The smallest absolute Gasteiger partial charge is 0.0577 e. The predicted molar refractivity (Wildman–Crippen MR) is 55.5 cm³/mol. The van der Waals surface area contributed by atoms with Crippen molar-refractivity contribution in [3.63, 3.8) is 0 Å². The van der Waals surface area contributed by atoms with Crippen molar-refractivity contribution in [2.24, 2.45) is 5.92 Å². The first-order chi connectivity index (χ1) is 5.83. The summed E-state index contributed by atoms with van der Waals surface area (Å²) in [5, 5.41) is 9.52. The van der Waals surface area contributed by atoms with Gasteiger partial charge in [0.1, 0.15) is 0 Å². The van der Waals surface area contributed by atoms with Crippen LogP contribution in [0.5, 0.6) is 0 Å². The molecule has 1 saturated heterocycles. The van der Waals surface area contributed by atoms with Gasteiger partial charge in [-0.1, -0.05) is 6.08 Å². The van der Waals surface area contributed by atoms with E-state index in [4.69, 9.17) is 0 Å². The Morgan fingerprint density at radius 2 is 2.17 bits per heavy atom. The molecule has 1 rings (SSSR count). The molecule has 2 heteroatoms. The molecule has 0 saturated carbocycles. The largest absolute Gasteiger partial charge is 0.393 e. The Morgan fingerprint density at radius 1 is 1.50 bits per heavy atom. The van der Waals surface area contributed by atoms with Crippen LogP contribution in [0.3, 0.4) is 0 Å². The van der Waals surface area contributed by atoms with Gasteiger partial charge in [0.05, 0.1) is 6.10 Å². The molecule has 1 nitrogen and oxygen atoms in total. The third-order valence-electron chi connectivity index (χ3n) is 2.39. The van der Waals surface area contributed by atoms with E-state index in [1.54, 1.807) is 0 Å². The Morgan fingerprint density at radius 3 is 2.75 bits per heavy atom. The van der Waals surface area contributed by atoms with Gasteiger partial charge in [-0.2, -0.15) is 11.8 Å². The summed E-state index contributed by atoms with van der Waals surface area (Å²) in [6, 6.07) is 0. The van der Waals surface area contributed by atoms with Crippen molar-refractivity contribution in [3.8, 4) is 0 Å². The number of aliphatic hydroxyl groups is 1. The van der Waals surface area contributed by atoms with Gasteiger partial charge in [-0.25, -0.2) is 0 Å². The molecule has 1 unspecified atom stereocenters. The summed E-state index contributed by atoms with van der Waals surface area (Å²) in [6.45, 7) is 3.63. The highest BCUT2D eigenvalue weighted by Crippen LogP contribution is 2.26. The van der Waals surface area contributed by atoms with Crippen LogP contribution >= 0.6 is 11.8 Å². The van der Waals surface area contributed by atoms with Crippen molar-refractivity contribution >= 4 is 11.8 Å². The topological polar surface area (TPSA) is 20.2 Å². The summed E-state index contributed by atoms with van der Waals surface area (Å²) in [5.41, 5.74) is 0. The quantitative estimate of drug-likeness (QED) is 0.681. The Kier molecular flexibility index (Phi) is 4.77. The first-order valence-electron chi connectivity index (χ1n) is 4.69. The zero-order chi connectivity index (χ0) is 8.81. The van der Waals surface area contributed by atoms with Gasteiger partial charge in [-0.05, 0) is 43.1 Å². The van der Waals surface area contributed by atoms with E-state index in [9.17, 15) is 5.11 Å². The van der Waals surface area contributed by atoms with Crippen LogP contribution in [-0.2, 0) is 0 Å². The second-order valence-corrected chi connectivity index (χ2v) is 4.69. The van der Waals surface area contributed by atoms with Crippen molar-refractivity contribution < 1.29 is 5.11 Å². The van der Waals surface area contributed by atoms with Gasteiger partial charge in [0, 0.05) is 0 Å². The van der Waals surface area contributed by atoms with Gasteiger partial charge >= 0.3 is 0 Å². The van der Waals surface area contributed by atoms with E-state index in [1.165, 1.54) is 24.3 Å². The molecule has 0 aromatic rings. The molecule has 0 spiro atoms. The number of hydrogen-bond donors (Lipinski definition) is 1. The van der Waals surface area contributed by atoms with Crippen LogP contribution in [0.25, 0.3) is 0 Å². The summed E-state index contributed by atoms with van der Waals surface area (Å²) in [4.78, 5) is 0. The van der Waals surface area contributed by atoms with Crippen molar-refractivity contribution in [1.29, 1.82) is 0 Å². The molecular weight excluding hydrogens is 168 g/mol. The molecule has 0 aromatic heterocycles. The average Bonchev–Trinajstić information content (AvgIpc) is 2.06. The average molecular weight is 186 g/mol. The predicted octanol–water partition coefficient (Wildman–Crippen LogP) is 2.46. The number of hydrogen-bond acceptors (Lipinski definition) is 2. The van der Waals surface area contributed by atoms with Crippen molar-refractivity contribution in [1.82, 2.24) is 0 Å². The van der Waals surface area contributed by atoms with E-state index in [2.05, 4.69) is 6.58 Å². The maximum atomic E-state index is 9.52. The lowest BCUT2D eigenvalue weighted by molar-refractivity contribution is 0.142. The van der Waals surface area contributed by atoms with Crippen LogP contribution < -0.4 is 0 Å². The lowest BCUT2D eigenvalue weighted by atomic mass is 9.94. The Bertz CT molecular complexity index is 130.